The molecule has 16 N–H and O–H groups in total. The van der Waals surface area contributed by atoms with Crippen molar-refractivity contribution in [2.24, 2.45) is 33.8 Å². The maximum Gasteiger partial charge on any atom is 0.326 e. The topological polar surface area (TPSA) is 399 Å². The highest BCUT2D eigenvalue weighted by atomic mass is 33.1. The first-order valence-electron chi connectivity index (χ1n) is 25.4. The van der Waals surface area contributed by atoms with Crippen LogP contribution in [0.25, 0.3) is 10.9 Å². The van der Waals surface area contributed by atoms with Gasteiger partial charge in [-0.3, -0.25) is 48.1 Å². The van der Waals surface area contributed by atoms with Gasteiger partial charge < -0.3 is 69.8 Å². The average molecular weight is 1120 g/mol. The van der Waals surface area contributed by atoms with Crippen molar-refractivity contribution < 1.29 is 53.1 Å². The van der Waals surface area contributed by atoms with Gasteiger partial charge in [0, 0.05) is 58.9 Å². The van der Waals surface area contributed by atoms with E-state index in [0.29, 0.717) is 37.2 Å². The molecular formula is C49H73N13O11S3. The number of rotatable bonds is 17. The van der Waals surface area contributed by atoms with E-state index in [9.17, 15) is 48.3 Å². The molecule has 9 amide bonds. The number of aliphatic carboxylic acids is 1. The number of para-hydroxylation sites is 1. The van der Waals surface area contributed by atoms with Crippen molar-refractivity contribution in [3.05, 3.63) is 36.0 Å². The number of guanidine groups is 1. The minimum atomic E-state index is -1.76. The van der Waals surface area contributed by atoms with Crippen LogP contribution in [0.3, 0.4) is 0 Å². The number of H-pyrrole nitrogens is 1. The van der Waals surface area contributed by atoms with Crippen molar-refractivity contribution in [1.29, 1.82) is 0 Å². The number of carboxylic acids is 1. The maximum absolute atomic E-state index is 15.2. The Labute approximate surface area is 453 Å². The normalized spacial score (nSPS) is 24.6. The number of aromatic amines is 1. The molecule has 0 saturated carbocycles. The van der Waals surface area contributed by atoms with E-state index in [-0.39, 0.29) is 57.6 Å². The molecular weight excluding hydrogens is 1040 g/mol. The van der Waals surface area contributed by atoms with Crippen LogP contribution < -0.4 is 54.8 Å². The molecule has 3 saturated heterocycles. The highest BCUT2D eigenvalue weighted by Crippen LogP contribution is 2.52. The van der Waals surface area contributed by atoms with Gasteiger partial charge in [0.2, 0.25) is 53.2 Å². The third kappa shape index (κ3) is 16.9. The lowest BCUT2D eigenvalue weighted by molar-refractivity contribution is -0.145. The highest BCUT2D eigenvalue weighted by Gasteiger charge is 2.48. The summed E-state index contributed by atoms with van der Waals surface area (Å²) in [5.41, 5.74) is 23.5. The molecule has 1 spiro atoms. The molecule has 24 nitrogen and oxygen atoms in total. The first kappa shape index (κ1) is 60.6. The number of carbonyl (C=O) groups is 10. The number of amides is 9. The zero-order valence-electron chi connectivity index (χ0n) is 43.3. The second-order valence-electron chi connectivity index (χ2n) is 20.1. The zero-order valence-corrected chi connectivity index (χ0v) is 45.7. The van der Waals surface area contributed by atoms with E-state index < -0.39 is 130 Å². The summed E-state index contributed by atoms with van der Waals surface area (Å²) >= 11 is 1.71. The third-order valence-corrected chi connectivity index (χ3v) is 19.1. The summed E-state index contributed by atoms with van der Waals surface area (Å²) in [4.78, 5) is 147. The third-order valence-electron chi connectivity index (χ3n) is 13.8. The molecule has 0 radical (unpaired) electrons. The largest absolute Gasteiger partial charge is 0.480 e. The molecule has 1 aromatic carbocycles. The number of likely N-dealkylation sites (tertiary alicyclic amines) is 1. The molecule has 0 unspecified atom stereocenters. The van der Waals surface area contributed by atoms with Crippen LogP contribution >= 0.6 is 33.3 Å². The first-order valence-corrected chi connectivity index (χ1v) is 28.7. The summed E-state index contributed by atoms with van der Waals surface area (Å²) in [6, 6.07) is -2.42. The van der Waals surface area contributed by atoms with E-state index in [0.717, 1.165) is 16.5 Å². The summed E-state index contributed by atoms with van der Waals surface area (Å²) in [6.45, 7) is 7.01. The number of fused-ring (bicyclic) bond motifs is 1. The van der Waals surface area contributed by atoms with Gasteiger partial charge in [0.1, 0.15) is 42.3 Å². The lowest BCUT2D eigenvalue weighted by atomic mass is 9.95. The number of nitrogens with two attached hydrogens (primary N) is 4. The van der Waals surface area contributed by atoms with Crippen LogP contribution in [-0.2, 0) is 54.4 Å². The number of hydrogen-bond donors (Lipinski definition) is 12. The average Bonchev–Trinajstić information content (AvgIpc) is 4.03. The Morgan fingerprint density at radius 3 is 2.20 bits per heavy atom. The monoisotopic (exact) mass is 1120 g/mol. The van der Waals surface area contributed by atoms with Crippen molar-refractivity contribution in [1.82, 2.24) is 41.8 Å². The first-order chi connectivity index (χ1) is 35.9. The fraction of sp³-hybridized carbons (Fsp3) is 0.612. The number of nitrogens with zero attached hydrogens (tertiary/aromatic N) is 2. The van der Waals surface area contributed by atoms with Gasteiger partial charge in [0.25, 0.3) is 0 Å². The SMILES string of the molecule is CC[C@H](C)[C@@H]1NC(=O)[C@H](Cc2c[nH]c3ccccc23)NC(=O)CC2(CCSCC2)SSC(C)(C)[C@@H](C(=O)N2CCC[C@H]2C(=O)N[C@@H](CCCN=C(N)N)C(=O)O)NC(=O)[C@H](CC(N)=O)NC(=O)[C@H](CCC(N)=O)NC1=O. The van der Waals surface area contributed by atoms with E-state index in [1.807, 2.05) is 24.3 Å². The summed E-state index contributed by atoms with van der Waals surface area (Å²) in [6.07, 6.45) is 2.22. The Morgan fingerprint density at radius 2 is 1.54 bits per heavy atom. The number of aromatic nitrogens is 1. The van der Waals surface area contributed by atoms with Crippen LogP contribution in [0.15, 0.2) is 35.5 Å². The van der Waals surface area contributed by atoms with Crippen molar-refractivity contribution in [2.45, 2.75) is 157 Å². The van der Waals surface area contributed by atoms with Crippen molar-refractivity contribution in [3.63, 3.8) is 0 Å². The summed E-state index contributed by atoms with van der Waals surface area (Å²) in [5.74, 6) is -8.10. The maximum atomic E-state index is 15.2. The molecule has 5 rings (SSSR count). The number of nitrogens with one attached hydrogen (secondary N) is 7. The van der Waals surface area contributed by atoms with Gasteiger partial charge in [-0.15, -0.1) is 0 Å². The van der Waals surface area contributed by atoms with Crippen molar-refractivity contribution >= 4 is 109 Å². The molecule has 1 aromatic heterocycles. The van der Waals surface area contributed by atoms with Gasteiger partial charge in [-0.05, 0) is 87.8 Å². The van der Waals surface area contributed by atoms with Crippen LogP contribution in [0.5, 0.6) is 0 Å². The quantitative estimate of drug-likeness (QED) is 0.0421. The lowest BCUT2D eigenvalue weighted by Gasteiger charge is -2.41. The number of carboxylic acid groups (broad SMARTS) is 1. The number of aliphatic imine (C=N–C) groups is 1. The predicted octanol–water partition coefficient (Wildman–Crippen LogP) is -0.235. The smallest absolute Gasteiger partial charge is 0.326 e. The number of primary amides is 2. The molecule has 0 bridgehead atoms. The van der Waals surface area contributed by atoms with E-state index in [1.165, 1.54) is 26.5 Å². The molecule has 418 valence electrons. The minimum Gasteiger partial charge on any atom is -0.480 e. The molecule has 4 heterocycles. The van der Waals surface area contributed by atoms with Gasteiger partial charge >= 0.3 is 5.97 Å². The number of hydrogen-bond acceptors (Lipinski definition) is 14. The van der Waals surface area contributed by atoms with Crippen molar-refractivity contribution in [2.75, 3.05) is 24.6 Å². The Hall–Kier alpha value is -6.22. The fourth-order valence-electron chi connectivity index (χ4n) is 9.27. The van der Waals surface area contributed by atoms with Crippen LogP contribution in [0.4, 0.5) is 0 Å². The molecule has 0 aliphatic carbocycles. The summed E-state index contributed by atoms with van der Waals surface area (Å²) < 4.78 is -2.09. The lowest BCUT2D eigenvalue weighted by Crippen LogP contribution is -2.63. The molecule has 3 fully saturated rings. The molecule has 27 heteroatoms. The molecule has 3 aliphatic rings. The van der Waals surface area contributed by atoms with Crippen LogP contribution in [-0.4, -0.2) is 156 Å². The fourth-order valence-corrected chi connectivity index (χ4v) is 14.2. The zero-order chi connectivity index (χ0) is 55.9. The van der Waals surface area contributed by atoms with E-state index in [2.05, 4.69) is 41.9 Å². The van der Waals surface area contributed by atoms with Crippen molar-refractivity contribution in [3.8, 4) is 0 Å². The Morgan fingerprint density at radius 1 is 0.868 bits per heavy atom. The second-order valence-corrected chi connectivity index (χ2v) is 24.6. The van der Waals surface area contributed by atoms with Gasteiger partial charge in [0.05, 0.1) is 6.42 Å². The molecule has 3 aliphatic heterocycles. The number of thioether (sulfide) groups is 1. The van der Waals surface area contributed by atoms with Crippen LogP contribution in [0.2, 0.25) is 0 Å². The van der Waals surface area contributed by atoms with Crippen LogP contribution in [0.1, 0.15) is 104 Å². The molecule has 2 aromatic rings. The summed E-state index contributed by atoms with van der Waals surface area (Å²) in [7, 11) is 2.56. The number of carbonyl (C=O) groups excluding carboxylic acids is 9. The van der Waals surface area contributed by atoms with Gasteiger partial charge in [-0.25, -0.2) is 4.79 Å². The Balaban J connectivity index is 1.58. The van der Waals surface area contributed by atoms with Gasteiger partial charge in [0.15, 0.2) is 5.96 Å². The summed E-state index contributed by atoms with van der Waals surface area (Å²) in [5, 5.41) is 27.0. The van der Waals surface area contributed by atoms with Gasteiger partial charge in [-0.2, -0.15) is 11.8 Å². The number of benzene rings is 1. The Kier molecular flexibility index (Phi) is 22.1. The standard InChI is InChI=1S/C49H73N13O11S3/c1-5-26(2)38-44(70)57-30(14-15-35(50)63)40(66)59-33(23-36(51)64)42(68)61-39(45(71)62-19-9-13-34(62)43(69)58-31(46(72)73)12-8-18-54-47(52)53)48(3,4)75-76-49(16-20-74-21-17-49)24-37(65)56-32(41(67)60-38)22-27-25-55-29-11-7-6-10-28(27)29/h6-7,10-11,25-26,30-34,38-39,55H,5,8-9,12-24H2,1-4H3,(H2,50,63)(H2,51,64)(H,56,65)(H,57,70)(H,58,69)(H,59,66)(H,60,67)(H,61,68)(H,72,73)(H4,52,53,54)/t26-,30-,31-,32-,33-,34-,38-,39+/m0/s1. The second kappa shape index (κ2) is 27.7. The minimum absolute atomic E-state index is 0.0223. The predicted molar refractivity (Wildman–Crippen MR) is 291 cm³/mol. The van der Waals surface area contributed by atoms with E-state index >= 15 is 4.79 Å². The van der Waals surface area contributed by atoms with E-state index in [4.69, 9.17) is 22.9 Å². The van der Waals surface area contributed by atoms with E-state index in [1.54, 1.807) is 45.7 Å². The molecule has 76 heavy (non-hydrogen) atoms. The van der Waals surface area contributed by atoms with Gasteiger partial charge in [-0.1, -0.05) is 60.1 Å². The highest BCUT2D eigenvalue weighted by molar-refractivity contribution is 8.77. The van der Waals surface area contributed by atoms with Crippen LogP contribution in [0, 0.1) is 5.92 Å². The molecule has 8 atom stereocenters. The Bertz CT molecular complexity index is 2500.